The predicted molar refractivity (Wildman–Crippen MR) is 90.0 cm³/mol. The molecule has 23 heavy (non-hydrogen) atoms. The average Bonchev–Trinajstić information content (AvgIpc) is 2.55. The van der Waals surface area contributed by atoms with Crippen molar-refractivity contribution in [1.82, 2.24) is 0 Å². The fourth-order valence-corrected chi connectivity index (χ4v) is 2.49. The molecule has 1 atom stereocenters. The monoisotopic (exact) mass is 325 g/mol. The molecule has 0 spiro atoms. The Hall–Kier alpha value is -1.66. The van der Waals surface area contributed by atoms with E-state index in [9.17, 15) is 15.2 Å². The number of benzene rings is 1. The molecule has 0 radical (unpaired) electrons. The first kappa shape index (κ1) is 19.4. The maximum Gasteiger partial charge on any atom is 0.310 e. The van der Waals surface area contributed by atoms with Gasteiger partial charge >= 0.3 is 5.69 Å². The molecule has 2 N–H and O–H groups in total. The smallest absolute Gasteiger partial charge is 0.310 e. The van der Waals surface area contributed by atoms with Gasteiger partial charge in [0.05, 0.1) is 18.0 Å². The largest absolute Gasteiger partial charge is 0.484 e. The van der Waals surface area contributed by atoms with Crippen LogP contribution < -0.4 is 9.64 Å². The molecule has 0 heterocycles. The van der Waals surface area contributed by atoms with Crippen LogP contribution in [0.5, 0.6) is 5.75 Å². The van der Waals surface area contributed by atoms with Crippen molar-refractivity contribution >= 4 is 5.69 Å². The maximum absolute atomic E-state index is 10.9. The highest BCUT2D eigenvalue weighted by molar-refractivity contribution is 5.45. The summed E-state index contributed by atoms with van der Waals surface area (Å²) in [6, 6.07) is 6.25. The first-order valence-corrected chi connectivity index (χ1v) is 8.46. The van der Waals surface area contributed by atoms with Gasteiger partial charge in [0.2, 0.25) is 0 Å². The Morgan fingerprint density at radius 2 is 1.83 bits per heavy atom. The average molecular weight is 325 g/mol. The van der Waals surface area contributed by atoms with Crippen LogP contribution in [0.1, 0.15) is 39.5 Å². The zero-order valence-corrected chi connectivity index (χ0v) is 14.2. The van der Waals surface area contributed by atoms with Crippen LogP contribution in [0.15, 0.2) is 24.3 Å². The molecule has 0 aliphatic heterocycles. The maximum atomic E-state index is 10.9. The van der Waals surface area contributed by atoms with Crippen molar-refractivity contribution in [2.24, 2.45) is 0 Å². The summed E-state index contributed by atoms with van der Waals surface area (Å²) in [5.74, 6) is 0.209. The van der Waals surface area contributed by atoms with Crippen LogP contribution in [0, 0.1) is 10.1 Å². The quantitative estimate of drug-likeness (QED) is 0.454. The Bertz CT molecular complexity index is 460. The highest BCUT2D eigenvalue weighted by atomic mass is 16.6. The number of nitrogens with one attached hydrogen (secondary N) is 1. The van der Waals surface area contributed by atoms with E-state index in [4.69, 9.17) is 4.74 Å². The molecule has 0 aliphatic rings. The summed E-state index contributed by atoms with van der Waals surface area (Å²) in [6.45, 7) is 7.09. The highest BCUT2D eigenvalue weighted by Gasteiger charge is 2.18. The number of quaternary nitrogens is 1. The number of nitro benzene ring substituents is 1. The lowest BCUT2D eigenvalue weighted by Gasteiger charge is -2.22. The topological polar surface area (TPSA) is 77.0 Å². The van der Waals surface area contributed by atoms with Crippen molar-refractivity contribution < 1.29 is 19.7 Å². The number of para-hydroxylation sites is 2. The second kappa shape index (κ2) is 11.0. The number of aliphatic hydroxyl groups excluding tert-OH is 1. The number of hydrogen-bond acceptors (Lipinski definition) is 4. The van der Waals surface area contributed by atoms with Crippen LogP contribution in [0.2, 0.25) is 0 Å². The van der Waals surface area contributed by atoms with Gasteiger partial charge in [-0.1, -0.05) is 38.8 Å². The summed E-state index contributed by atoms with van der Waals surface area (Å²) >= 11 is 0. The third-order valence-electron chi connectivity index (χ3n) is 3.79. The van der Waals surface area contributed by atoms with Crippen molar-refractivity contribution in [2.45, 2.75) is 45.6 Å². The second-order valence-corrected chi connectivity index (χ2v) is 5.85. The van der Waals surface area contributed by atoms with Crippen LogP contribution >= 0.6 is 0 Å². The van der Waals surface area contributed by atoms with Crippen LogP contribution in [0.25, 0.3) is 0 Å². The van der Waals surface area contributed by atoms with Crippen LogP contribution in [-0.4, -0.2) is 42.4 Å². The zero-order valence-electron chi connectivity index (χ0n) is 14.2. The van der Waals surface area contributed by atoms with Gasteiger partial charge in [-0.2, -0.15) is 0 Å². The molecule has 0 saturated heterocycles. The van der Waals surface area contributed by atoms with E-state index in [1.54, 1.807) is 18.2 Å². The Labute approximate surface area is 138 Å². The van der Waals surface area contributed by atoms with Crippen LogP contribution in [-0.2, 0) is 0 Å². The minimum Gasteiger partial charge on any atom is -0.484 e. The summed E-state index contributed by atoms with van der Waals surface area (Å²) in [5.41, 5.74) is -0.0686. The molecule has 0 fully saturated rings. The first-order valence-electron chi connectivity index (χ1n) is 8.46. The number of hydrogen-bond donors (Lipinski definition) is 2. The molecule has 6 heteroatoms. The van der Waals surface area contributed by atoms with E-state index in [1.165, 1.54) is 11.0 Å². The fourth-order valence-electron chi connectivity index (χ4n) is 2.49. The molecule has 0 saturated carbocycles. The molecule has 1 rings (SSSR count). The zero-order chi connectivity index (χ0) is 17.1. The van der Waals surface area contributed by atoms with Crippen molar-refractivity contribution in [3.8, 4) is 5.75 Å². The van der Waals surface area contributed by atoms with E-state index in [1.807, 2.05) is 0 Å². The van der Waals surface area contributed by atoms with E-state index in [0.717, 1.165) is 38.8 Å². The summed E-state index contributed by atoms with van der Waals surface area (Å²) in [6.07, 6.45) is 3.92. The second-order valence-electron chi connectivity index (χ2n) is 5.85. The molecule has 0 bridgehead atoms. The lowest BCUT2D eigenvalue weighted by molar-refractivity contribution is -0.903. The lowest BCUT2D eigenvalue weighted by Crippen LogP contribution is -3.13. The third kappa shape index (κ3) is 7.43. The molecular weight excluding hydrogens is 296 g/mol. The molecule has 0 aromatic heterocycles. The third-order valence-corrected chi connectivity index (χ3v) is 3.79. The predicted octanol–water partition coefficient (Wildman–Crippen LogP) is 1.82. The van der Waals surface area contributed by atoms with Gasteiger partial charge in [-0.05, 0) is 18.9 Å². The van der Waals surface area contributed by atoms with E-state index >= 15 is 0 Å². The molecule has 6 nitrogen and oxygen atoms in total. The van der Waals surface area contributed by atoms with Crippen molar-refractivity contribution in [3.63, 3.8) is 0 Å². The molecule has 0 amide bonds. The fraction of sp³-hybridized carbons (Fsp3) is 0.647. The standard InChI is InChI=1S/C17H28N2O4/c1-3-5-11-18(12-6-4-2)13-15(20)14-23-17-10-8-7-9-16(17)19(21)22/h7-10,15,20H,3-6,11-14H2,1-2H3/p+1/t15-/m1/s1. The van der Waals surface area contributed by atoms with E-state index in [0.29, 0.717) is 6.54 Å². The molecular formula is C17H29N2O4+. The first-order chi connectivity index (χ1) is 11.1. The van der Waals surface area contributed by atoms with Gasteiger partial charge in [-0.25, -0.2) is 0 Å². The number of nitrogens with zero attached hydrogens (tertiary/aromatic N) is 1. The van der Waals surface area contributed by atoms with Gasteiger partial charge in [0, 0.05) is 6.07 Å². The van der Waals surface area contributed by atoms with Crippen molar-refractivity contribution in [1.29, 1.82) is 0 Å². The summed E-state index contributed by atoms with van der Waals surface area (Å²) in [4.78, 5) is 11.8. The van der Waals surface area contributed by atoms with E-state index < -0.39 is 11.0 Å². The van der Waals surface area contributed by atoms with Gasteiger partial charge in [0.25, 0.3) is 0 Å². The van der Waals surface area contributed by atoms with E-state index in [2.05, 4.69) is 13.8 Å². The summed E-state index contributed by atoms with van der Waals surface area (Å²) in [7, 11) is 0. The number of ether oxygens (including phenoxy) is 1. The van der Waals surface area contributed by atoms with Crippen molar-refractivity contribution in [2.75, 3.05) is 26.2 Å². The normalized spacial score (nSPS) is 12.3. The van der Waals surface area contributed by atoms with Gasteiger partial charge < -0.3 is 14.7 Å². The van der Waals surface area contributed by atoms with E-state index in [-0.39, 0.29) is 18.0 Å². The summed E-state index contributed by atoms with van der Waals surface area (Å²) in [5, 5.41) is 21.1. The number of rotatable bonds is 12. The van der Waals surface area contributed by atoms with Gasteiger partial charge in [-0.15, -0.1) is 0 Å². The molecule has 0 aliphatic carbocycles. The summed E-state index contributed by atoms with van der Waals surface area (Å²) < 4.78 is 5.47. The minimum atomic E-state index is -0.626. The lowest BCUT2D eigenvalue weighted by atomic mass is 10.2. The minimum absolute atomic E-state index is 0.0686. The van der Waals surface area contributed by atoms with Gasteiger partial charge in [0.1, 0.15) is 19.3 Å². The molecule has 130 valence electrons. The molecule has 1 aromatic rings. The molecule has 0 unspecified atom stereocenters. The number of aliphatic hydroxyl groups is 1. The molecule has 1 aromatic carbocycles. The van der Waals surface area contributed by atoms with Gasteiger partial charge in [0.15, 0.2) is 5.75 Å². The number of unbranched alkanes of at least 4 members (excludes halogenated alkanes) is 2. The van der Waals surface area contributed by atoms with Gasteiger partial charge in [-0.3, -0.25) is 10.1 Å². The number of nitro groups is 1. The van der Waals surface area contributed by atoms with Crippen LogP contribution in [0.3, 0.4) is 0 Å². The highest BCUT2D eigenvalue weighted by Crippen LogP contribution is 2.25. The Balaban J connectivity index is 2.51. The Morgan fingerprint density at radius 1 is 1.22 bits per heavy atom. The SMILES string of the molecule is CCCC[NH+](CCCC)C[C@@H](O)COc1ccccc1[N+](=O)[O-]. The Kier molecular flexibility index (Phi) is 9.24. The van der Waals surface area contributed by atoms with Crippen molar-refractivity contribution in [3.05, 3.63) is 34.4 Å². The van der Waals surface area contributed by atoms with Crippen LogP contribution in [0.4, 0.5) is 5.69 Å². The Morgan fingerprint density at radius 3 is 2.39 bits per heavy atom.